The Labute approximate surface area is 174 Å². The Balaban J connectivity index is 2.09. The maximum atomic E-state index is 13.0. The van der Waals surface area contributed by atoms with Gasteiger partial charge in [0.05, 0.1) is 0 Å². The fourth-order valence-corrected chi connectivity index (χ4v) is 3.06. The zero-order chi connectivity index (χ0) is 21.1. The molecule has 0 bridgehead atoms. The number of benzene rings is 2. The van der Waals surface area contributed by atoms with Gasteiger partial charge in [0.25, 0.3) is 5.91 Å². The molecule has 1 atom stereocenters. The molecular weight excluding hydrogens is 364 g/mol. The summed E-state index contributed by atoms with van der Waals surface area (Å²) in [5, 5.41) is 2.97. The van der Waals surface area contributed by atoms with E-state index in [0.717, 1.165) is 5.56 Å². The third-order valence-corrected chi connectivity index (χ3v) is 4.66. The molecule has 0 saturated heterocycles. The number of amides is 2. The minimum absolute atomic E-state index is 0.0905. The van der Waals surface area contributed by atoms with Crippen LogP contribution in [-0.4, -0.2) is 42.5 Å². The maximum absolute atomic E-state index is 13.0. The van der Waals surface area contributed by atoms with Gasteiger partial charge >= 0.3 is 0 Å². The van der Waals surface area contributed by atoms with Crippen LogP contribution in [-0.2, 0) is 16.0 Å². The van der Waals surface area contributed by atoms with E-state index in [9.17, 15) is 9.59 Å². The molecule has 29 heavy (non-hydrogen) atoms. The molecule has 5 heteroatoms. The van der Waals surface area contributed by atoms with Gasteiger partial charge in [-0.05, 0) is 36.5 Å². The van der Waals surface area contributed by atoms with Crippen molar-refractivity contribution in [3.05, 3.63) is 66.2 Å². The van der Waals surface area contributed by atoms with Gasteiger partial charge in [-0.1, -0.05) is 69.3 Å². The lowest BCUT2D eigenvalue weighted by Gasteiger charge is -2.30. The predicted octanol–water partition coefficient (Wildman–Crippen LogP) is 3.69. The number of nitrogens with zero attached hydrogens (tertiary/aromatic N) is 1. The van der Waals surface area contributed by atoms with Gasteiger partial charge in [0.15, 0.2) is 6.61 Å². The normalized spacial score (nSPS) is 11.7. The van der Waals surface area contributed by atoms with E-state index in [1.807, 2.05) is 81.4 Å². The highest BCUT2D eigenvalue weighted by Crippen LogP contribution is 2.12. The Morgan fingerprint density at radius 2 is 1.62 bits per heavy atom. The van der Waals surface area contributed by atoms with E-state index in [2.05, 4.69) is 5.32 Å². The molecule has 0 aliphatic heterocycles. The molecule has 2 amide bonds. The maximum Gasteiger partial charge on any atom is 0.261 e. The first kappa shape index (κ1) is 22.5. The fraction of sp³-hybridized carbons (Fsp3) is 0.417. The van der Waals surface area contributed by atoms with Gasteiger partial charge in [-0.25, -0.2) is 0 Å². The average Bonchev–Trinajstić information content (AvgIpc) is 2.74. The van der Waals surface area contributed by atoms with Crippen molar-refractivity contribution < 1.29 is 14.3 Å². The summed E-state index contributed by atoms with van der Waals surface area (Å²) in [5.41, 5.74) is 1.13. The summed E-state index contributed by atoms with van der Waals surface area (Å²) in [4.78, 5) is 27.4. The fourth-order valence-electron chi connectivity index (χ4n) is 3.06. The molecule has 2 aromatic rings. The van der Waals surface area contributed by atoms with Gasteiger partial charge < -0.3 is 15.0 Å². The van der Waals surface area contributed by atoms with Crippen LogP contribution >= 0.6 is 0 Å². The predicted molar refractivity (Wildman–Crippen MR) is 116 cm³/mol. The summed E-state index contributed by atoms with van der Waals surface area (Å²) in [6, 6.07) is 18.7. The lowest BCUT2D eigenvalue weighted by molar-refractivity contribution is -0.142. The number of carbonyl (C=O) groups is 2. The lowest BCUT2D eigenvalue weighted by Crippen LogP contribution is -2.51. The standard InChI is InChI=1S/C24H32N2O3/c1-4-22(24(28)25-17-19(2)3)26(16-15-20-11-7-5-8-12-20)23(27)18-29-21-13-9-6-10-14-21/h5-14,19,22H,4,15-18H2,1-3H3,(H,25,28). The van der Waals surface area contributed by atoms with Crippen LogP contribution in [0.4, 0.5) is 0 Å². The molecule has 2 rings (SSSR count). The SMILES string of the molecule is CCC(C(=O)NCC(C)C)N(CCc1ccccc1)C(=O)COc1ccccc1. The first-order valence-electron chi connectivity index (χ1n) is 10.3. The zero-order valence-electron chi connectivity index (χ0n) is 17.6. The molecule has 5 nitrogen and oxygen atoms in total. The minimum atomic E-state index is -0.510. The van der Waals surface area contributed by atoms with Crippen LogP contribution < -0.4 is 10.1 Å². The zero-order valence-corrected chi connectivity index (χ0v) is 17.6. The highest BCUT2D eigenvalue weighted by molar-refractivity contribution is 5.88. The van der Waals surface area contributed by atoms with Gasteiger partial charge in [-0.15, -0.1) is 0 Å². The number of nitrogens with one attached hydrogen (secondary N) is 1. The molecule has 0 fully saturated rings. The topological polar surface area (TPSA) is 58.6 Å². The summed E-state index contributed by atoms with van der Waals surface area (Å²) < 4.78 is 5.65. The van der Waals surface area contributed by atoms with Crippen LogP contribution in [0.3, 0.4) is 0 Å². The monoisotopic (exact) mass is 396 g/mol. The number of hydrogen-bond donors (Lipinski definition) is 1. The molecule has 0 aliphatic carbocycles. The summed E-state index contributed by atoms with van der Waals surface area (Å²) in [7, 11) is 0. The number of para-hydroxylation sites is 1. The summed E-state index contributed by atoms with van der Waals surface area (Å²) in [6.07, 6.45) is 1.24. The quantitative estimate of drug-likeness (QED) is 0.630. The minimum Gasteiger partial charge on any atom is -0.484 e. The van der Waals surface area contributed by atoms with Crippen molar-refractivity contribution in [2.75, 3.05) is 19.7 Å². The Morgan fingerprint density at radius 1 is 1.00 bits per heavy atom. The molecule has 156 valence electrons. The number of rotatable bonds is 11. The second-order valence-electron chi connectivity index (χ2n) is 7.49. The molecule has 1 N–H and O–H groups in total. The van der Waals surface area contributed by atoms with Crippen molar-refractivity contribution in [1.29, 1.82) is 0 Å². The highest BCUT2D eigenvalue weighted by atomic mass is 16.5. The van der Waals surface area contributed by atoms with E-state index in [1.54, 1.807) is 4.90 Å². The van der Waals surface area contributed by atoms with Crippen molar-refractivity contribution in [2.45, 2.75) is 39.7 Å². The van der Waals surface area contributed by atoms with E-state index in [1.165, 1.54) is 0 Å². The number of carbonyl (C=O) groups excluding carboxylic acids is 2. The smallest absolute Gasteiger partial charge is 0.261 e. The van der Waals surface area contributed by atoms with E-state index in [4.69, 9.17) is 4.74 Å². The second-order valence-corrected chi connectivity index (χ2v) is 7.49. The van der Waals surface area contributed by atoms with E-state index < -0.39 is 6.04 Å². The number of hydrogen-bond acceptors (Lipinski definition) is 3. The van der Waals surface area contributed by atoms with Gasteiger partial charge in [-0.2, -0.15) is 0 Å². The molecule has 0 aromatic heterocycles. The Bertz CT molecular complexity index is 747. The molecule has 0 aliphatic rings. The van der Waals surface area contributed by atoms with Crippen molar-refractivity contribution in [3.8, 4) is 5.75 Å². The summed E-state index contributed by atoms with van der Waals surface area (Å²) in [5.74, 6) is 0.700. The van der Waals surface area contributed by atoms with Crippen LogP contribution in [0, 0.1) is 5.92 Å². The van der Waals surface area contributed by atoms with Gasteiger partial charge in [0, 0.05) is 13.1 Å². The van der Waals surface area contributed by atoms with Crippen molar-refractivity contribution >= 4 is 11.8 Å². The van der Waals surface area contributed by atoms with E-state index in [0.29, 0.717) is 37.6 Å². The molecule has 0 saturated carbocycles. The molecular formula is C24H32N2O3. The van der Waals surface area contributed by atoms with Crippen molar-refractivity contribution in [3.63, 3.8) is 0 Å². The highest BCUT2D eigenvalue weighted by Gasteiger charge is 2.28. The Morgan fingerprint density at radius 3 is 2.21 bits per heavy atom. The summed E-state index contributed by atoms with van der Waals surface area (Å²) in [6.45, 7) is 7.00. The molecule has 1 unspecified atom stereocenters. The summed E-state index contributed by atoms with van der Waals surface area (Å²) >= 11 is 0. The third-order valence-electron chi connectivity index (χ3n) is 4.66. The Hall–Kier alpha value is -2.82. The first-order valence-corrected chi connectivity index (χ1v) is 10.3. The van der Waals surface area contributed by atoms with E-state index >= 15 is 0 Å². The van der Waals surface area contributed by atoms with Crippen LogP contribution in [0.1, 0.15) is 32.8 Å². The van der Waals surface area contributed by atoms with E-state index in [-0.39, 0.29) is 18.4 Å². The van der Waals surface area contributed by atoms with Crippen molar-refractivity contribution in [1.82, 2.24) is 10.2 Å². The lowest BCUT2D eigenvalue weighted by atomic mass is 10.1. The second kappa shape index (κ2) is 11.9. The first-order chi connectivity index (χ1) is 14.0. The van der Waals surface area contributed by atoms with Gasteiger partial charge in [0.1, 0.15) is 11.8 Å². The average molecular weight is 397 g/mol. The molecule has 2 aromatic carbocycles. The van der Waals surface area contributed by atoms with Crippen LogP contribution in [0.15, 0.2) is 60.7 Å². The van der Waals surface area contributed by atoms with Crippen LogP contribution in [0.2, 0.25) is 0 Å². The van der Waals surface area contributed by atoms with Crippen molar-refractivity contribution in [2.24, 2.45) is 5.92 Å². The molecule has 0 spiro atoms. The molecule has 0 radical (unpaired) electrons. The van der Waals surface area contributed by atoms with Crippen LogP contribution in [0.5, 0.6) is 5.75 Å². The largest absolute Gasteiger partial charge is 0.484 e. The van der Waals surface area contributed by atoms with Gasteiger partial charge in [-0.3, -0.25) is 9.59 Å². The molecule has 0 heterocycles. The van der Waals surface area contributed by atoms with Gasteiger partial charge in [0.2, 0.25) is 5.91 Å². The third kappa shape index (κ3) is 7.60. The van der Waals surface area contributed by atoms with Crippen LogP contribution in [0.25, 0.3) is 0 Å². The number of ether oxygens (including phenoxy) is 1. The Kier molecular flexibility index (Phi) is 9.22.